The van der Waals surface area contributed by atoms with Crippen LogP contribution in [0.3, 0.4) is 0 Å². The van der Waals surface area contributed by atoms with Gasteiger partial charge in [0.2, 0.25) is 5.89 Å². The number of hydrogen-bond donors (Lipinski definition) is 0. The molecule has 0 aliphatic rings. The Morgan fingerprint density at radius 3 is 2.69 bits per heavy atom. The van der Waals surface area contributed by atoms with Crippen molar-refractivity contribution in [2.24, 2.45) is 0 Å². The Bertz CT molecular complexity index is 830. The Kier molecular flexibility index (Phi) is 6.31. The van der Waals surface area contributed by atoms with Crippen LogP contribution in [0.25, 0.3) is 11.5 Å². The molecular weight excluding hydrogens is 348 g/mol. The van der Waals surface area contributed by atoms with Gasteiger partial charge in [0.05, 0.1) is 12.8 Å². The Hall–Kier alpha value is -2.30. The number of aromatic nitrogens is 1. The summed E-state index contributed by atoms with van der Waals surface area (Å²) in [6, 6.07) is 15.8. The van der Waals surface area contributed by atoms with E-state index in [2.05, 4.69) is 29.1 Å². The quantitative estimate of drug-likeness (QED) is 0.555. The summed E-state index contributed by atoms with van der Waals surface area (Å²) >= 11 is 6.03. The lowest BCUT2D eigenvalue weighted by Gasteiger charge is -2.14. The molecule has 26 heavy (non-hydrogen) atoms. The van der Waals surface area contributed by atoms with Crippen LogP contribution in [-0.4, -0.2) is 30.6 Å². The van der Waals surface area contributed by atoms with E-state index in [1.165, 1.54) is 5.56 Å². The van der Waals surface area contributed by atoms with E-state index in [4.69, 9.17) is 20.8 Å². The first-order valence-electron chi connectivity index (χ1n) is 8.66. The van der Waals surface area contributed by atoms with Crippen LogP contribution in [0.1, 0.15) is 17.7 Å². The minimum atomic E-state index is 0.606. The zero-order chi connectivity index (χ0) is 18.4. The third-order valence-corrected chi connectivity index (χ3v) is 4.45. The van der Waals surface area contributed by atoms with Gasteiger partial charge in [-0.2, -0.15) is 0 Å². The van der Waals surface area contributed by atoms with E-state index >= 15 is 0 Å². The maximum absolute atomic E-state index is 6.03. The molecule has 4 nitrogen and oxygen atoms in total. The maximum Gasteiger partial charge on any atom is 0.226 e. The molecule has 0 N–H and O–H groups in total. The Morgan fingerprint density at radius 2 is 1.96 bits per heavy atom. The van der Waals surface area contributed by atoms with Crippen molar-refractivity contribution in [3.05, 3.63) is 71.1 Å². The van der Waals surface area contributed by atoms with Crippen LogP contribution >= 0.6 is 11.6 Å². The number of rotatable bonds is 8. The summed E-state index contributed by atoms with van der Waals surface area (Å²) in [7, 11) is 3.79. The van der Waals surface area contributed by atoms with E-state index in [9.17, 15) is 0 Å². The highest BCUT2D eigenvalue weighted by molar-refractivity contribution is 6.30. The van der Waals surface area contributed by atoms with Crippen LogP contribution in [0, 0.1) is 0 Å². The molecule has 0 spiro atoms. The van der Waals surface area contributed by atoms with Crippen LogP contribution in [-0.2, 0) is 13.0 Å². The topological polar surface area (TPSA) is 38.5 Å². The normalized spacial score (nSPS) is 11.1. The molecule has 5 heteroatoms. The van der Waals surface area contributed by atoms with Gasteiger partial charge in [0, 0.05) is 17.1 Å². The Morgan fingerprint density at radius 1 is 1.15 bits per heavy atom. The molecule has 0 atom stereocenters. The molecule has 0 saturated heterocycles. The fourth-order valence-electron chi connectivity index (χ4n) is 2.83. The number of aryl methyl sites for hydroxylation is 1. The molecule has 0 bridgehead atoms. The van der Waals surface area contributed by atoms with Gasteiger partial charge < -0.3 is 14.1 Å². The van der Waals surface area contributed by atoms with Gasteiger partial charge in [-0.3, -0.25) is 0 Å². The molecule has 2 aromatic carbocycles. The molecule has 0 fully saturated rings. The van der Waals surface area contributed by atoms with Crippen molar-refractivity contribution >= 4 is 11.6 Å². The first-order chi connectivity index (χ1) is 12.6. The van der Waals surface area contributed by atoms with E-state index in [1.807, 2.05) is 36.4 Å². The molecule has 0 unspecified atom stereocenters. The third kappa shape index (κ3) is 5.10. The van der Waals surface area contributed by atoms with Gasteiger partial charge in [0.25, 0.3) is 0 Å². The van der Waals surface area contributed by atoms with E-state index < -0.39 is 0 Å². The number of nitrogens with zero attached hydrogens (tertiary/aromatic N) is 2. The molecule has 0 amide bonds. The predicted octanol–water partition coefficient (Wildman–Crippen LogP) is 5.07. The van der Waals surface area contributed by atoms with Crippen LogP contribution < -0.4 is 4.74 Å². The summed E-state index contributed by atoms with van der Waals surface area (Å²) in [6.45, 7) is 1.75. The van der Waals surface area contributed by atoms with Gasteiger partial charge in [0.1, 0.15) is 12.0 Å². The number of hydrogen-bond acceptors (Lipinski definition) is 4. The molecule has 3 rings (SSSR count). The standard InChI is InChI=1S/C21H23ClN2O2/c1-24(12-4-5-16-8-10-20(25-2)11-9-16)14-19-15-26-21(23-19)17-6-3-7-18(22)13-17/h3,6-11,13,15H,4-5,12,14H2,1-2H3. The summed E-state index contributed by atoms with van der Waals surface area (Å²) in [5.74, 6) is 1.50. The number of oxazole rings is 1. The van der Waals surface area contributed by atoms with Gasteiger partial charge in [-0.05, 0) is 62.3 Å². The van der Waals surface area contributed by atoms with Crippen LogP contribution in [0.2, 0.25) is 5.02 Å². The highest BCUT2D eigenvalue weighted by Crippen LogP contribution is 2.22. The van der Waals surface area contributed by atoms with E-state index in [1.54, 1.807) is 13.4 Å². The van der Waals surface area contributed by atoms with Crippen LogP contribution in [0.5, 0.6) is 5.75 Å². The SMILES string of the molecule is COc1ccc(CCCN(C)Cc2coc(-c3cccc(Cl)c3)n2)cc1. The van der Waals surface area contributed by atoms with Crippen molar-refractivity contribution in [1.82, 2.24) is 9.88 Å². The molecule has 0 radical (unpaired) electrons. The van der Waals surface area contributed by atoms with Gasteiger partial charge in [0.15, 0.2) is 0 Å². The second-order valence-corrected chi connectivity index (χ2v) is 6.78. The highest BCUT2D eigenvalue weighted by atomic mass is 35.5. The third-order valence-electron chi connectivity index (χ3n) is 4.22. The van der Waals surface area contributed by atoms with Gasteiger partial charge in [-0.25, -0.2) is 4.98 Å². The first-order valence-corrected chi connectivity index (χ1v) is 9.03. The lowest BCUT2D eigenvalue weighted by Crippen LogP contribution is -2.19. The summed E-state index contributed by atoms with van der Waals surface area (Å²) < 4.78 is 10.8. The highest BCUT2D eigenvalue weighted by Gasteiger charge is 2.09. The van der Waals surface area contributed by atoms with E-state index in [-0.39, 0.29) is 0 Å². The summed E-state index contributed by atoms with van der Waals surface area (Å²) in [4.78, 5) is 6.82. The zero-order valence-electron chi connectivity index (χ0n) is 15.1. The molecule has 1 aromatic heterocycles. The number of halogens is 1. The predicted molar refractivity (Wildman–Crippen MR) is 105 cm³/mol. The molecule has 0 aliphatic heterocycles. The van der Waals surface area contributed by atoms with Crippen LogP contribution in [0.4, 0.5) is 0 Å². The van der Waals surface area contributed by atoms with Crippen molar-refractivity contribution < 1.29 is 9.15 Å². The summed E-state index contributed by atoms with van der Waals surface area (Å²) in [5, 5.41) is 0.679. The van der Waals surface area contributed by atoms with E-state index in [0.717, 1.165) is 42.9 Å². The van der Waals surface area contributed by atoms with Gasteiger partial charge >= 0.3 is 0 Å². The second-order valence-electron chi connectivity index (χ2n) is 6.34. The van der Waals surface area contributed by atoms with Crippen molar-refractivity contribution in [1.29, 1.82) is 0 Å². The smallest absolute Gasteiger partial charge is 0.226 e. The minimum Gasteiger partial charge on any atom is -0.497 e. The first kappa shape index (κ1) is 18.5. The summed E-state index contributed by atoms with van der Waals surface area (Å²) in [5.41, 5.74) is 3.14. The molecular formula is C21H23ClN2O2. The molecule has 0 aliphatic carbocycles. The minimum absolute atomic E-state index is 0.606. The van der Waals surface area contributed by atoms with E-state index in [0.29, 0.717) is 10.9 Å². The van der Waals surface area contributed by atoms with Crippen molar-refractivity contribution in [2.75, 3.05) is 20.7 Å². The Balaban J connectivity index is 1.48. The van der Waals surface area contributed by atoms with Gasteiger partial charge in [-0.1, -0.05) is 29.8 Å². The van der Waals surface area contributed by atoms with Crippen molar-refractivity contribution in [3.63, 3.8) is 0 Å². The molecule has 0 saturated carbocycles. The summed E-state index contributed by atoms with van der Waals surface area (Å²) in [6.07, 6.45) is 3.85. The largest absolute Gasteiger partial charge is 0.497 e. The molecule has 136 valence electrons. The van der Waals surface area contributed by atoms with Crippen molar-refractivity contribution in [2.45, 2.75) is 19.4 Å². The number of methoxy groups -OCH3 is 1. The fraction of sp³-hybridized carbons (Fsp3) is 0.286. The average molecular weight is 371 g/mol. The lowest BCUT2D eigenvalue weighted by molar-refractivity contribution is 0.318. The average Bonchev–Trinajstić information content (AvgIpc) is 3.11. The zero-order valence-corrected chi connectivity index (χ0v) is 15.9. The monoisotopic (exact) mass is 370 g/mol. The van der Waals surface area contributed by atoms with Crippen LogP contribution in [0.15, 0.2) is 59.2 Å². The maximum atomic E-state index is 6.03. The van der Waals surface area contributed by atoms with Gasteiger partial charge in [-0.15, -0.1) is 0 Å². The molecule has 1 heterocycles. The molecule has 3 aromatic rings. The second kappa shape index (κ2) is 8.88. The number of benzene rings is 2. The lowest BCUT2D eigenvalue weighted by atomic mass is 10.1. The van der Waals surface area contributed by atoms with Crippen molar-refractivity contribution in [3.8, 4) is 17.2 Å². The Labute approximate surface area is 159 Å². The number of ether oxygens (including phenoxy) is 1. The fourth-order valence-corrected chi connectivity index (χ4v) is 3.02.